The van der Waals surface area contributed by atoms with Gasteiger partial charge >= 0.3 is 0 Å². The van der Waals surface area contributed by atoms with Crippen LogP contribution in [-0.2, 0) is 17.8 Å². The lowest BCUT2D eigenvalue weighted by atomic mass is 9.85. The first kappa shape index (κ1) is 17.3. The number of nitrogens with two attached hydrogens (primary N) is 1. The van der Waals surface area contributed by atoms with Crippen molar-refractivity contribution in [1.82, 2.24) is 10.1 Å². The maximum atomic E-state index is 11.9. The molecule has 1 aromatic heterocycles. The first-order valence-corrected chi connectivity index (χ1v) is 9.12. The van der Waals surface area contributed by atoms with Crippen LogP contribution in [0.1, 0.15) is 42.1 Å². The maximum absolute atomic E-state index is 11.9. The van der Waals surface area contributed by atoms with Crippen LogP contribution in [0.25, 0.3) is 0 Å². The van der Waals surface area contributed by atoms with E-state index in [4.69, 9.17) is 10.3 Å². The number of carbonyl (C=O) groups excluding carboxylic acids is 1. The minimum atomic E-state index is -0.281. The van der Waals surface area contributed by atoms with E-state index >= 15 is 0 Å². The molecule has 2 atom stereocenters. The summed E-state index contributed by atoms with van der Waals surface area (Å²) in [5.41, 5.74) is 8.73. The standard InChI is InChI=1S/C21H22N4O2/c1-14-11-17(21(22)26)16-9-5-6-10-18(16)25(14)13-20-23-19(24-27-20)12-15-7-3-2-4-8-15/h2-10,14,17H,11-13H2,1H3,(H2,22,26)/t14-,17-/m0/s1. The zero-order chi connectivity index (χ0) is 18.8. The van der Waals surface area contributed by atoms with Gasteiger partial charge in [0.25, 0.3) is 0 Å². The molecule has 0 aliphatic carbocycles. The lowest BCUT2D eigenvalue weighted by molar-refractivity contribution is -0.119. The van der Waals surface area contributed by atoms with Crippen molar-refractivity contribution in [3.63, 3.8) is 0 Å². The van der Waals surface area contributed by atoms with Gasteiger partial charge in [-0.3, -0.25) is 4.79 Å². The number of primary amides is 1. The number of aromatic nitrogens is 2. The highest BCUT2D eigenvalue weighted by atomic mass is 16.5. The fraction of sp³-hybridized carbons (Fsp3) is 0.286. The van der Waals surface area contributed by atoms with Gasteiger partial charge in [0.1, 0.15) is 0 Å². The van der Waals surface area contributed by atoms with E-state index in [2.05, 4.69) is 22.0 Å². The Hall–Kier alpha value is -3.15. The van der Waals surface area contributed by atoms with Crippen LogP contribution in [0.4, 0.5) is 5.69 Å². The predicted molar refractivity (Wildman–Crippen MR) is 102 cm³/mol. The topological polar surface area (TPSA) is 85.3 Å². The highest BCUT2D eigenvalue weighted by Gasteiger charge is 2.33. The molecule has 0 radical (unpaired) electrons. The summed E-state index contributed by atoms with van der Waals surface area (Å²) in [5.74, 6) is 0.699. The van der Waals surface area contributed by atoms with Crippen molar-refractivity contribution in [3.8, 4) is 0 Å². The third-order valence-electron chi connectivity index (χ3n) is 5.09. The van der Waals surface area contributed by atoms with Crippen molar-refractivity contribution in [2.24, 2.45) is 5.73 Å². The number of nitrogens with zero attached hydrogens (tertiary/aromatic N) is 3. The van der Waals surface area contributed by atoms with Crippen molar-refractivity contribution in [2.45, 2.75) is 38.3 Å². The van der Waals surface area contributed by atoms with E-state index < -0.39 is 0 Å². The number of para-hydroxylation sites is 1. The SMILES string of the molecule is C[C@H]1C[C@H](C(N)=O)c2ccccc2N1Cc1nc(Cc2ccccc2)no1. The van der Waals surface area contributed by atoms with E-state index in [0.717, 1.165) is 16.8 Å². The van der Waals surface area contributed by atoms with Gasteiger partial charge in [-0.2, -0.15) is 4.98 Å². The Morgan fingerprint density at radius 1 is 1.19 bits per heavy atom. The van der Waals surface area contributed by atoms with Crippen LogP contribution >= 0.6 is 0 Å². The first-order chi connectivity index (χ1) is 13.1. The molecule has 27 heavy (non-hydrogen) atoms. The van der Waals surface area contributed by atoms with Crippen LogP contribution in [-0.4, -0.2) is 22.1 Å². The molecular formula is C21H22N4O2. The minimum Gasteiger partial charge on any atom is -0.369 e. The van der Waals surface area contributed by atoms with Gasteiger partial charge in [0.05, 0.1) is 12.5 Å². The average Bonchev–Trinajstić information content (AvgIpc) is 3.11. The monoisotopic (exact) mass is 362 g/mol. The second-order valence-electron chi connectivity index (χ2n) is 6.99. The van der Waals surface area contributed by atoms with Gasteiger partial charge in [-0.05, 0) is 30.5 Å². The quantitative estimate of drug-likeness (QED) is 0.754. The highest BCUT2D eigenvalue weighted by molar-refractivity contribution is 5.85. The van der Waals surface area contributed by atoms with Crippen molar-refractivity contribution in [2.75, 3.05) is 4.90 Å². The third-order valence-corrected chi connectivity index (χ3v) is 5.09. The summed E-state index contributed by atoms with van der Waals surface area (Å²) in [6, 6.07) is 18.1. The second kappa shape index (κ2) is 7.23. The molecule has 1 amide bonds. The molecule has 0 unspecified atom stereocenters. The molecule has 0 bridgehead atoms. The van der Waals surface area contributed by atoms with Crippen LogP contribution < -0.4 is 10.6 Å². The van der Waals surface area contributed by atoms with Gasteiger partial charge in [0.15, 0.2) is 5.82 Å². The minimum absolute atomic E-state index is 0.141. The van der Waals surface area contributed by atoms with Crippen LogP contribution in [0.3, 0.4) is 0 Å². The summed E-state index contributed by atoms with van der Waals surface area (Å²) in [6.45, 7) is 2.60. The van der Waals surface area contributed by atoms with Crippen LogP contribution in [0.5, 0.6) is 0 Å². The molecule has 0 spiro atoms. The highest BCUT2D eigenvalue weighted by Crippen LogP contribution is 2.38. The predicted octanol–water partition coefficient (Wildman–Crippen LogP) is 3.03. The Kier molecular flexibility index (Phi) is 4.62. The van der Waals surface area contributed by atoms with E-state index in [1.807, 2.05) is 54.6 Å². The molecule has 0 saturated carbocycles. The number of rotatable bonds is 5. The molecule has 2 aromatic carbocycles. The van der Waals surface area contributed by atoms with Gasteiger partial charge < -0.3 is 15.2 Å². The Balaban J connectivity index is 1.55. The number of carbonyl (C=O) groups is 1. The molecule has 4 rings (SSSR count). The Morgan fingerprint density at radius 3 is 2.70 bits per heavy atom. The second-order valence-corrected chi connectivity index (χ2v) is 6.99. The summed E-state index contributed by atoms with van der Waals surface area (Å²) in [7, 11) is 0. The Labute approximate surface area is 158 Å². The van der Waals surface area contributed by atoms with Gasteiger partial charge in [0.2, 0.25) is 11.8 Å². The number of anilines is 1. The smallest absolute Gasteiger partial charge is 0.246 e. The van der Waals surface area contributed by atoms with Crippen molar-refractivity contribution >= 4 is 11.6 Å². The third kappa shape index (κ3) is 3.56. The van der Waals surface area contributed by atoms with E-state index in [9.17, 15) is 4.79 Å². The largest absolute Gasteiger partial charge is 0.369 e. The van der Waals surface area contributed by atoms with E-state index in [0.29, 0.717) is 31.1 Å². The Bertz CT molecular complexity index is 938. The number of hydrogen-bond donors (Lipinski definition) is 1. The van der Waals surface area contributed by atoms with Crippen LogP contribution in [0.2, 0.25) is 0 Å². The Morgan fingerprint density at radius 2 is 1.93 bits per heavy atom. The van der Waals surface area contributed by atoms with Gasteiger partial charge in [-0.1, -0.05) is 53.7 Å². The molecule has 138 valence electrons. The summed E-state index contributed by atoms with van der Waals surface area (Å²) >= 11 is 0. The summed E-state index contributed by atoms with van der Waals surface area (Å²) < 4.78 is 5.48. The molecule has 0 saturated heterocycles. The molecule has 1 aliphatic heterocycles. The van der Waals surface area contributed by atoms with E-state index in [-0.39, 0.29) is 17.9 Å². The molecule has 6 heteroatoms. The fourth-order valence-electron chi connectivity index (χ4n) is 3.74. The average molecular weight is 362 g/mol. The molecule has 2 N–H and O–H groups in total. The number of fused-ring (bicyclic) bond motifs is 1. The van der Waals surface area contributed by atoms with Crippen molar-refractivity contribution in [1.29, 1.82) is 0 Å². The number of hydrogen-bond acceptors (Lipinski definition) is 5. The normalized spacial score (nSPS) is 18.9. The zero-order valence-corrected chi connectivity index (χ0v) is 15.2. The molecule has 2 heterocycles. The number of benzene rings is 2. The molecule has 1 aliphatic rings. The molecule has 0 fully saturated rings. The van der Waals surface area contributed by atoms with Crippen LogP contribution in [0, 0.1) is 0 Å². The molecule has 3 aromatic rings. The first-order valence-electron chi connectivity index (χ1n) is 9.12. The summed E-state index contributed by atoms with van der Waals surface area (Å²) in [6.07, 6.45) is 1.32. The van der Waals surface area contributed by atoms with Crippen LogP contribution in [0.15, 0.2) is 59.1 Å². The van der Waals surface area contributed by atoms with Gasteiger partial charge in [-0.25, -0.2) is 0 Å². The summed E-state index contributed by atoms with van der Waals surface area (Å²) in [5, 5.41) is 4.11. The van der Waals surface area contributed by atoms with E-state index in [1.54, 1.807) is 0 Å². The zero-order valence-electron chi connectivity index (χ0n) is 15.2. The fourth-order valence-corrected chi connectivity index (χ4v) is 3.74. The van der Waals surface area contributed by atoms with Gasteiger partial charge in [0, 0.05) is 18.2 Å². The lowest BCUT2D eigenvalue weighted by Gasteiger charge is -2.39. The van der Waals surface area contributed by atoms with Crippen molar-refractivity contribution in [3.05, 3.63) is 77.4 Å². The van der Waals surface area contributed by atoms with E-state index in [1.165, 1.54) is 0 Å². The molecule has 6 nitrogen and oxygen atoms in total. The van der Waals surface area contributed by atoms with Gasteiger partial charge in [-0.15, -0.1) is 0 Å². The summed E-state index contributed by atoms with van der Waals surface area (Å²) in [4.78, 5) is 18.6. The van der Waals surface area contributed by atoms with Crippen molar-refractivity contribution < 1.29 is 9.32 Å². The molecular weight excluding hydrogens is 340 g/mol. The number of amides is 1. The lowest BCUT2D eigenvalue weighted by Crippen LogP contribution is -2.41. The maximum Gasteiger partial charge on any atom is 0.246 e.